The Morgan fingerprint density at radius 2 is 0.760 bits per heavy atom. The summed E-state index contributed by atoms with van der Waals surface area (Å²) in [4.78, 5) is 13.2. The van der Waals surface area contributed by atoms with Crippen LogP contribution < -0.4 is 0 Å². The summed E-state index contributed by atoms with van der Waals surface area (Å²) in [6.07, 6.45) is 2.59. The Kier molecular flexibility index (Phi) is 7.15. The van der Waals surface area contributed by atoms with Crippen molar-refractivity contribution < 1.29 is 43.9 Å². The van der Waals surface area contributed by atoms with E-state index in [0.717, 1.165) is 0 Å². The van der Waals surface area contributed by atoms with Crippen LogP contribution in [-0.4, -0.2) is 19.9 Å². The molecule has 15 heteroatoms. The number of nitrogens with one attached hydrogen (secondary N) is 3. The monoisotopic (exact) mass is 712 g/mol. The van der Waals surface area contributed by atoms with Crippen LogP contribution in [0.15, 0.2) is 53.2 Å². The number of thiophene rings is 1. The molecule has 3 N–H and O–H groups in total. The van der Waals surface area contributed by atoms with Gasteiger partial charge in [0, 0.05) is 44.3 Å². The van der Waals surface area contributed by atoms with Crippen molar-refractivity contribution in [3.8, 4) is 33.4 Å². The van der Waals surface area contributed by atoms with Crippen LogP contribution in [0.1, 0.15) is 11.4 Å². The second kappa shape index (κ2) is 11.4. The molecule has 0 amide bonds. The molecule has 250 valence electrons. The molecule has 0 saturated heterocycles. The first-order valence-corrected chi connectivity index (χ1v) is 15.3. The largest absolute Gasteiger partial charge is 0.354 e. The van der Waals surface area contributed by atoms with Gasteiger partial charge in [-0.3, -0.25) is 0 Å². The summed E-state index contributed by atoms with van der Waals surface area (Å²) in [5.74, 6) is -21.7. The fourth-order valence-electron chi connectivity index (χ4n) is 6.04. The third-order valence-electron chi connectivity index (χ3n) is 8.31. The molecule has 0 saturated carbocycles. The Labute approximate surface area is 276 Å². The van der Waals surface area contributed by atoms with Gasteiger partial charge in [0.05, 0.1) is 28.0 Å². The first kappa shape index (κ1) is 31.4. The van der Waals surface area contributed by atoms with Gasteiger partial charge in [0.25, 0.3) is 0 Å². The molecular weight excluding hydrogens is 698 g/mol. The van der Waals surface area contributed by atoms with E-state index in [0.29, 0.717) is 11.1 Å². The minimum absolute atomic E-state index is 0.0312. The number of aromatic nitrogens is 4. The van der Waals surface area contributed by atoms with Gasteiger partial charge in [-0.05, 0) is 70.9 Å². The number of H-pyrrole nitrogens is 3. The number of halogens is 10. The number of benzene rings is 2. The lowest BCUT2D eigenvalue weighted by atomic mass is 10.0. The number of hydrogen-bond acceptors (Lipinski definition) is 2. The quantitative estimate of drug-likeness (QED) is 0.0953. The minimum Gasteiger partial charge on any atom is -0.354 e. The topological polar surface area (TPSA) is 60.3 Å². The zero-order valence-electron chi connectivity index (χ0n) is 24.5. The molecule has 5 aromatic heterocycles. The first-order chi connectivity index (χ1) is 24.0. The molecule has 4 nitrogen and oxygen atoms in total. The molecule has 8 bridgehead atoms. The normalized spacial score (nSPS) is 12.1. The van der Waals surface area contributed by atoms with Gasteiger partial charge < -0.3 is 15.0 Å². The smallest absolute Gasteiger partial charge is 0.200 e. The van der Waals surface area contributed by atoms with Gasteiger partial charge in [-0.2, -0.15) is 11.3 Å². The SMILES string of the molecule is Fc1c(F)c(F)c(-c2c3nc(c4ccc([nH]4)c(-c4c(F)c(F)c(F)c(F)c4F)c4ccc([nH]4)c(-c4ccsc4)c4ccc2[nH]4)C=C3)c(F)c1F. The number of nitrogens with zero attached hydrogens (tertiary/aromatic N) is 1. The van der Waals surface area contributed by atoms with E-state index in [1.165, 1.54) is 59.9 Å². The zero-order chi connectivity index (χ0) is 35.2. The highest BCUT2D eigenvalue weighted by atomic mass is 32.1. The fourth-order valence-corrected chi connectivity index (χ4v) is 6.69. The third-order valence-corrected chi connectivity index (χ3v) is 8.99. The van der Waals surface area contributed by atoms with Crippen molar-refractivity contribution in [1.29, 1.82) is 0 Å². The van der Waals surface area contributed by atoms with E-state index in [2.05, 4.69) is 19.9 Å². The van der Waals surface area contributed by atoms with Gasteiger partial charge in [-0.15, -0.1) is 0 Å². The summed E-state index contributed by atoms with van der Waals surface area (Å²) < 4.78 is 148. The van der Waals surface area contributed by atoms with Crippen molar-refractivity contribution >= 4 is 56.6 Å². The summed E-state index contributed by atoms with van der Waals surface area (Å²) >= 11 is 1.29. The van der Waals surface area contributed by atoms with Gasteiger partial charge in [0.15, 0.2) is 46.5 Å². The van der Waals surface area contributed by atoms with E-state index in [1.807, 2.05) is 0 Å². The van der Waals surface area contributed by atoms with Gasteiger partial charge >= 0.3 is 0 Å². The van der Waals surface area contributed by atoms with Gasteiger partial charge in [-0.25, -0.2) is 48.9 Å². The molecule has 0 fully saturated rings. The zero-order valence-corrected chi connectivity index (χ0v) is 25.3. The molecule has 1 aliphatic rings. The maximum absolute atomic E-state index is 15.4. The highest BCUT2D eigenvalue weighted by molar-refractivity contribution is 7.08. The van der Waals surface area contributed by atoms with Crippen molar-refractivity contribution in [2.75, 3.05) is 0 Å². The predicted octanol–water partition coefficient (Wildman–Crippen LogP) is 11.1. The Bertz CT molecular complexity index is 2660. The van der Waals surface area contributed by atoms with Crippen molar-refractivity contribution in [3.63, 3.8) is 0 Å². The van der Waals surface area contributed by atoms with Crippen LogP contribution in [0.5, 0.6) is 0 Å². The second-order valence-electron chi connectivity index (χ2n) is 11.1. The lowest BCUT2D eigenvalue weighted by molar-refractivity contribution is 0.381. The molecule has 2 aromatic carbocycles. The summed E-state index contributed by atoms with van der Waals surface area (Å²) in [7, 11) is 0. The molecule has 8 rings (SSSR count). The first-order valence-electron chi connectivity index (χ1n) is 14.4. The van der Waals surface area contributed by atoms with Crippen molar-refractivity contribution in [3.05, 3.63) is 123 Å². The predicted molar refractivity (Wildman–Crippen MR) is 169 cm³/mol. The Hall–Kier alpha value is -5.83. The van der Waals surface area contributed by atoms with E-state index in [1.54, 1.807) is 16.8 Å². The van der Waals surface area contributed by atoms with Crippen LogP contribution in [0.4, 0.5) is 43.9 Å². The Morgan fingerprint density at radius 1 is 0.380 bits per heavy atom. The fraction of sp³-hybridized carbons (Fsp3) is 0. The highest BCUT2D eigenvalue weighted by Crippen LogP contribution is 2.40. The second-order valence-corrected chi connectivity index (χ2v) is 11.9. The molecule has 0 radical (unpaired) electrons. The van der Waals surface area contributed by atoms with E-state index in [9.17, 15) is 26.3 Å². The van der Waals surface area contributed by atoms with Crippen LogP contribution in [-0.2, 0) is 0 Å². The van der Waals surface area contributed by atoms with E-state index in [-0.39, 0.29) is 44.5 Å². The Balaban J connectivity index is 1.60. The molecule has 6 heterocycles. The lowest BCUT2D eigenvalue weighted by Crippen LogP contribution is -2.05. The molecular formula is C35H14F10N4S. The highest BCUT2D eigenvalue weighted by Gasteiger charge is 2.31. The van der Waals surface area contributed by atoms with Crippen LogP contribution >= 0.6 is 11.3 Å². The molecule has 7 aromatic rings. The van der Waals surface area contributed by atoms with E-state index in [4.69, 9.17) is 0 Å². The average Bonchev–Trinajstić information content (AvgIpc) is 3.96. The van der Waals surface area contributed by atoms with Crippen LogP contribution in [0.3, 0.4) is 0 Å². The molecule has 1 aliphatic heterocycles. The van der Waals surface area contributed by atoms with Crippen molar-refractivity contribution in [2.45, 2.75) is 0 Å². The summed E-state index contributed by atoms with van der Waals surface area (Å²) in [6.45, 7) is 0. The van der Waals surface area contributed by atoms with Crippen LogP contribution in [0.2, 0.25) is 0 Å². The number of aromatic amines is 3. The minimum atomic E-state index is -2.35. The average molecular weight is 713 g/mol. The summed E-state index contributed by atoms with van der Waals surface area (Å²) in [5.41, 5.74) is -2.40. The third kappa shape index (κ3) is 4.56. The van der Waals surface area contributed by atoms with Crippen molar-refractivity contribution in [1.82, 2.24) is 19.9 Å². The molecule has 0 atom stereocenters. The summed E-state index contributed by atoms with van der Waals surface area (Å²) in [5, 5.41) is 3.44. The van der Waals surface area contributed by atoms with Crippen molar-refractivity contribution in [2.24, 2.45) is 0 Å². The van der Waals surface area contributed by atoms with Gasteiger partial charge in [-0.1, -0.05) is 0 Å². The maximum atomic E-state index is 15.4. The maximum Gasteiger partial charge on any atom is 0.200 e. The van der Waals surface area contributed by atoms with E-state index < -0.39 is 80.4 Å². The van der Waals surface area contributed by atoms with E-state index >= 15 is 17.6 Å². The molecule has 0 aliphatic carbocycles. The lowest BCUT2D eigenvalue weighted by Gasteiger charge is -2.10. The van der Waals surface area contributed by atoms with Crippen LogP contribution in [0, 0.1) is 58.2 Å². The number of fused-ring (bicyclic) bond motifs is 9. The molecule has 0 unspecified atom stereocenters. The summed E-state index contributed by atoms with van der Waals surface area (Å²) in [6, 6.07) is 9.99. The van der Waals surface area contributed by atoms with Crippen LogP contribution in [0.25, 0.3) is 78.6 Å². The Morgan fingerprint density at radius 3 is 1.24 bits per heavy atom. The number of rotatable bonds is 3. The molecule has 0 spiro atoms. The standard InChI is InChI=1S/C35H14F10N4S/c36-26-24(27(37)31(41)34(44)30(26)40)22-17-3-1-13(46-17)14-2-4-18(47-14)23(25-28(38)32(42)35(45)33(43)29(25)39)20-8-6-16(49-20)21(12-9-10-50-11-12)15-5-7-19(22)48-15/h1-11,46,48-49H. The molecule has 50 heavy (non-hydrogen) atoms. The number of hydrogen-bond donors (Lipinski definition) is 3. The van der Waals surface area contributed by atoms with Gasteiger partial charge in [0.1, 0.15) is 0 Å². The van der Waals surface area contributed by atoms with Gasteiger partial charge in [0.2, 0.25) is 11.6 Å².